The lowest BCUT2D eigenvalue weighted by atomic mass is 10.2. The summed E-state index contributed by atoms with van der Waals surface area (Å²) in [6, 6.07) is 3.79. The molecule has 7 heteroatoms. The number of rotatable bonds is 3. The molecule has 0 saturated heterocycles. The Balaban J connectivity index is 3.04. The maximum atomic E-state index is 13.5. The zero-order chi connectivity index (χ0) is 13.9. The molecule has 0 heterocycles. The summed E-state index contributed by atoms with van der Waals surface area (Å²) in [5.74, 6) is -1.84. The van der Waals surface area contributed by atoms with Crippen LogP contribution in [0.25, 0.3) is 0 Å². The molecule has 0 aliphatic carbocycles. The van der Waals surface area contributed by atoms with Crippen LogP contribution in [-0.2, 0) is 0 Å². The van der Waals surface area contributed by atoms with E-state index in [2.05, 4.69) is 15.9 Å². The molecule has 0 spiro atoms. The molecule has 18 heavy (non-hydrogen) atoms. The van der Waals surface area contributed by atoms with Crippen LogP contribution in [0.4, 0.5) is 17.6 Å². The summed E-state index contributed by atoms with van der Waals surface area (Å²) in [5, 5.41) is 0. The minimum atomic E-state index is -4.51. The van der Waals surface area contributed by atoms with Gasteiger partial charge in [-0.1, -0.05) is 6.07 Å². The van der Waals surface area contributed by atoms with Gasteiger partial charge in [-0.3, -0.25) is 4.79 Å². The monoisotopic (exact) mass is 327 g/mol. The molecule has 0 atom stereocenters. The van der Waals surface area contributed by atoms with Crippen molar-refractivity contribution < 1.29 is 22.4 Å². The zero-order valence-corrected chi connectivity index (χ0v) is 11.0. The summed E-state index contributed by atoms with van der Waals surface area (Å²) >= 11 is 2.96. The predicted molar refractivity (Wildman–Crippen MR) is 61.7 cm³/mol. The number of hydrogen-bond donors (Lipinski definition) is 0. The Morgan fingerprint density at radius 1 is 1.39 bits per heavy atom. The third-order valence-electron chi connectivity index (χ3n) is 2.22. The average Bonchev–Trinajstić information content (AvgIpc) is 2.24. The summed E-state index contributed by atoms with van der Waals surface area (Å²) in [6.07, 6.45) is -4.51. The molecule has 0 saturated carbocycles. The zero-order valence-electron chi connectivity index (χ0n) is 9.39. The quantitative estimate of drug-likeness (QED) is 0.776. The lowest BCUT2D eigenvalue weighted by Gasteiger charge is -2.23. The van der Waals surface area contributed by atoms with Crippen LogP contribution in [0.2, 0.25) is 0 Å². The van der Waals surface area contributed by atoms with E-state index in [4.69, 9.17) is 0 Å². The average molecular weight is 328 g/mol. The number of amides is 1. The van der Waals surface area contributed by atoms with Crippen LogP contribution in [0.5, 0.6) is 0 Å². The van der Waals surface area contributed by atoms with Gasteiger partial charge >= 0.3 is 6.18 Å². The summed E-state index contributed by atoms with van der Waals surface area (Å²) in [6.45, 7) is -0.152. The van der Waals surface area contributed by atoms with Crippen molar-refractivity contribution in [1.29, 1.82) is 0 Å². The molecule has 1 rings (SSSR count). The number of carbonyl (C=O) groups excluding carboxylic acids is 1. The second kappa shape index (κ2) is 5.69. The topological polar surface area (TPSA) is 20.3 Å². The van der Waals surface area contributed by atoms with Crippen LogP contribution in [0.3, 0.4) is 0 Å². The van der Waals surface area contributed by atoms with Gasteiger partial charge in [0.25, 0.3) is 5.91 Å². The Morgan fingerprint density at radius 3 is 2.44 bits per heavy atom. The Kier molecular flexibility index (Phi) is 4.72. The highest BCUT2D eigenvalue weighted by molar-refractivity contribution is 9.10. The van der Waals surface area contributed by atoms with E-state index >= 15 is 0 Å². The second-order valence-electron chi connectivity index (χ2n) is 3.53. The van der Waals surface area contributed by atoms with E-state index in [-0.39, 0.29) is 16.6 Å². The Hall–Kier alpha value is -1.11. The van der Waals surface area contributed by atoms with Gasteiger partial charge in [-0.25, -0.2) is 4.39 Å². The number of carbonyl (C=O) groups is 1. The lowest BCUT2D eigenvalue weighted by Crippen LogP contribution is -2.39. The molecule has 0 aliphatic rings. The minimum Gasteiger partial charge on any atom is -0.330 e. The van der Waals surface area contributed by atoms with Crippen molar-refractivity contribution in [2.45, 2.75) is 13.1 Å². The first kappa shape index (κ1) is 14.9. The Bertz CT molecular complexity index is 427. The SMILES string of the molecule is CCN(CC(F)(F)F)C(=O)c1c(F)cccc1Br. The van der Waals surface area contributed by atoms with E-state index in [0.29, 0.717) is 4.90 Å². The van der Waals surface area contributed by atoms with Gasteiger partial charge in [0.05, 0.1) is 5.56 Å². The number of benzene rings is 1. The van der Waals surface area contributed by atoms with Crippen LogP contribution in [-0.4, -0.2) is 30.1 Å². The standard InChI is InChI=1S/C11H10BrF4NO/c1-2-17(6-11(14,15)16)10(18)9-7(12)4-3-5-8(9)13/h3-5H,2,6H2,1H3. The molecule has 0 radical (unpaired) electrons. The molecule has 1 aromatic carbocycles. The molecular weight excluding hydrogens is 318 g/mol. The van der Waals surface area contributed by atoms with E-state index in [9.17, 15) is 22.4 Å². The van der Waals surface area contributed by atoms with Crippen LogP contribution >= 0.6 is 15.9 Å². The van der Waals surface area contributed by atoms with E-state index in [0.717, 1.165) is 6.07 Å². The van der Waals surface area contributed by atoms with Gasteiger partial charge in [-0.2, -0.15) is 13.2 Å². The summed E-state index contributed by atoms with van der Waals surface area (Å²) in [7, 11) is 0. The number of nitrogens with zero attached hydrogens (tertiary/aromatic N) is 1. The molecule has 2 nitrogen and oxygen atoms in total. The molecule has 0 unspecified atom stereocenters. The third kappa shape index (κ3) is 3.69. The van der Waals surface area contributed by atoms with Gasteiger partial charge in [-0.15, -0.1) is 0 Å². The first-order valence-corrected chi connectivity index (χ1v) is 5.85. The minimum absolute atomic E-state index is 0.133. The summed E-state index contributed by atoms with van der Waals surface area (Å²) in [5.41, 5.74) is -0.386. The molecule has 1 amide bonds. The number of halogens is 5. The van der Waals surface area contributed by atoms with Gasteiger partial charge in [0, 0.05) is 11.0 Å². The first-order valence-electron chi connectivity index (χ1n) is 5.06. The highest BCUT2D eigenvalue weighted by atomic mass is 79.9. The first-order chi connectivity index (χ1) is 8.26. The molecule has 0 fully saturated rings. The van der Waals surface area contributed by atoms with Gasteiger partial charge in [0.1, 0.15) is 12.4 Å². The Labute approximate surface area is 110 Å². The van der Waals surface area contributed by atoms with Crippen LogP contribution in [0.1, 0.15) is 17.3 Å². The van der Waals surface area contributed by atoms with Crippen molar-refractivity contribution in [2.24, 2.45) is 0 Å². The maximum absolute atomic E-state index is 13.5. The Morgan fingerprint density at radius 2 is 2.00 bits per heavy atom. The van der Waals surface area contributed by atoms with Crippen molar-refractivity contribution in [2.75, 3.05) is 13.1 Å². The highest BCUT2D eigenvalue weighted by Crippen LogP contribution is 2.23. The van der Waals surface area contributed by atoms with Gasteiger partial charge in [0.15, 0.2) is 0 Å². The molecule has 0 aromatic heterocycles. The summed E-state index contributed by atoms with van der Waals surface area (Å²) in [4.78, 5) is 12.4. The van der Waals surface area contributed by atoms with E-state index < -0.39 is 24.4 Å². The van der Waals surface area contributed by atoms with Gasteiger partial charge < -0.3 is 4.90 Å². The third-order valence-corrected chi connectivity index (χ3v) is 2.88. The fraction of sp³-hybridized carbons (Fsp3) is 0.364. The maximum Gasteiger partial charge on any atom is 0.406 e. The molecule has 0 bridgehead atoms. The van der Waals surface area contributed by atoms with E-state index in [1.165, 1.54) is 19.1 Å². The molecule has 1 aromatic rings. The van der Waals surface area contributed by atoms with Crippen LogP contribution in [0, 0.1) is 5.82 Å². The number of hydrogen-bond acceptors (Lipinski definition) is 1. The van der Waals surface area contributed by atoms with Crippen LogP contribution in [0.15, 0.2) is 22.7 Å². The van der Waals surface area contributed by atoms with Crippen molar-refractivity contribution in [1.82, 2.24) is 4.90 Å². The smallest absolute Gasteiger partial charge is 0.330 e. The molecule has 0 aliphatic heterocycles. The molecular formula is C11H10BrF4NO. The van der Waals surface area contributed by atoms with Crippen LogP contribution < -0.4 is 0 Å². The lowest BCUT2D eigenvalue weighted by molar-refractivity contribution is -0.140. The van der Waals surface area contributed by atoms with E-state index in [1.54, 1.807) is 0 Å². The normalized spacial score (nSPS) is 11.4. The predicted octanol–water partition coefficient (Wildman–Crippen LogP) is 3.61. The van der Waals surface area contributed by atoms with E-state index in [1.807, 2.05) is 0 Å². The van der Waals surface area contributed by atoms with Crippen molar-refractivity contribution in [3.63, 3.8) is 0 Å². The van der Waals surface area contributed by atoms with Gasteiger partial charge in [-0.05, 0) is 35.0 Å². The van der Waals surface area contributed by atoms with Crippen molar-refractivity contribution >= 4 is 21.8 Å². The van der Waals surface area contributed by atoms with Crippen molar-refractivity contribution in [3.8, 4) is 0 Å². The number of alkyl halides is 3. The summed E-state index contributed by atoms with van der Waals surface area (Å²) < 4.78 is 50.4. The second-order valence-corrected chi connectivity index (χ2v) is 4.39. The van der Waals surface area contributed by atoms with Crippen molar-refractivity contribution in [3.05, 3.63) is 34.1 Å². The fourth-order valence-electron chi connectivity index (χ4n) is 1.40. The fourth-order valence-corrected chi connectivity index (χ4v) is 1.92. The molecule has 100 valence electrons. The largest absolute Gasteiger partial charge is 0.406 e. The molecule has 0 N–H and O–H groups in total. The highest BCUT2D eigenvalue weighted by Gasteiger charge is 2.33. The van der Waals surface area contributed by atoms with Gasteiger partial charge in [0.2, 0.25) is 0 Å².